The minimum Gasteiger partial charge on any atom is -0.493 e. The number of methoxy groups -OCH3 is 2. The van der Waals surface area contributed by atoms with E-state index in [1.165, 1.54) is 11.3 Å². The predicted octanol–water partition coefficient (Wildman–Crippen LogP) is 2.76. The fourth-order valence-corrected chi connectivity index (χ4v) is 2.94. The fourth-order valence-electron chi connectivity index (χ4n) is 2.30. The number of amides is 2. The van der Waals surface area contributed by atoms with E-state index >= 15 is 0 Å². The minimum atomic E-state index is -0.181. The van der Waals surface area contributed by atoms with Crippen molar-refractivity contribution < 1.29 is 19.1 Å². The Morgan fingerprint density at radius 2 is 1.92 bits per heavy atom. The summed E-state index contributed by atoms with van der Waals surface area (Å²) in [5, 5.41) is 9.25. The first-order valence-electron chi connectivity index (χ1n) is 7.86. The lowest BCUT2D eigenvalue weighted by atomic mass is 10.1. The van der Waals surface area contributed by atoms with E-state index in [2.05, 4.69) is 10.6 Å². The molecule has 1 aromatic carbocycles. The van der Waals surface area contributed by atoms with Crippen LogP contribution in [0.25, 0.3) is 0 Å². The second-order valence-corrected chi connectivity index (χ2v) is 6.20. The zero-order valence-corrected chi connectivity index (χ0v) is 15.3. The number of rotatable bonds is 8. The summed E-state index contributed by atoms with van der Waals surface area (Å²) < 4.78 is 10.5. The van der Waals surface area contributed by atoms with Crippen molar-refractivity contribution in [3.05, 3.63) is 46.2 Å². The molecule has 25 heavy (non-hydrogen) atoms. The first-order valence-corrected chi connectivity index (χ1v) is 8.81. The van der Waals surface area contributed by atoms with Gasteiger partial charge < -0.3 is 20.1 Å². The summed E-state index contributed by atoms with van der Waals surface area (Å²) in [5.41, 5.74) is 1.53. The number of benzene rings is 1. The Kier molecular flexibility index (Phi) is 6.82. The monoisotopic (exact) mass is 362 g/mol. The molecule has 1 aromatic heterocycles. The molecule has 0 aliphatic carbocycles. The standard InChI is InChI=1S/C18H22N2O4S/c1-12(13-4-5-15(23-2)16(10-13)24-3)20-17(21)6-8-19-18(22)14-7-9-25-11-14/h4-5,7,9-12H,6,8H2,1-3H3,(H,19,22)(H,20,21). The SMILES string of the molecule is COc1ccc(C(C)NC(=O)CCNC(=O)c2ccsc2)cc1OC. The summed E-state index contributed by atoms with van der Waals surface area (Å²) in [6.45, 7) is 2.18. The number of nitrogens with one attached hydrogen (secondary N) is 2. The van der Waals surface area contributed by atoms with Gasteiger partial charge >= 0.3 is 0 Å². The first kappa shape index (κ1) is 18.8. The molecule has 0 spiro atoms. The van der Waals surface area contributed by atoms with Crippen molar-refractivity contribution in [3.63, 3.8) is 0 Å². The molecule has 7 heteroatoms. The highest BCUT2D eigenvalue weighted by Gasteiger charge is 2.13. The van der Waals surface area contributed by atoms with Crippen LogP contribution in [0.5, 0.6) is 11.5 Å². The first-order chi connectivity index (χ1) is 12.0. The summed E-state index contributed by atoms with van der Waals surface area (Å²) in [6.07, 6.45) is 0.216. The van der Waals surface area contributed by atoms with Gasteiger partial charge in [0.15, 0.2) is 11.5 Å². The lowest BCUT2D eigenvalue weighted by molar-refractivity contribution is -0.121. The third kappa shape index (κ3) is 5.22. The van der Waals surface area contributed by atoms with Crippen LogP contribution in [0.3, 0.4) is 0 Å². The molecule has 1 atom stereocenters. The average molecular weight is 362 g/mol. The molecular formula is C18H22N2O4S. The van der Waals surface area contributed by atoms with Gasteiger partial charge in [-0.1, -0.05) is 6.07 Å². The second-order valence-electron chi connectivity index (χ2n) is 5.42. The van der Waals surface area contributed by atoms with Gasteiger partial charge in [0.2, 0.25) is 5.91 Å². The van der Waals surface area contributed by atoms with Crippen molar-refractivity contribution in [1.82, 2.24) is 10.6 Å². The Hall–Kier alpha value is -2.54. The van der Waals surface area contributed by atoms with Gasteiger partial charge in [0.05, 0.1) is 20.3 Å². The number of carbonyl (C=O) groups is 2. The van der Waals surface area contributed by atoms with Crippen molar-refractivity contribution >= 4 is 23.2 Å². The highest BCUT2D eigenvalue weighted by atomic mass is 32.1. The Morgan fingerprint density at radius 3 is 2.56 bits per heavy atom. The van der Waals surface area contributed by atoms with Crippen molar-refractivity contribution in [2.24, 2.45) is 0 Å². The summed E-state index contributed by atoms with van der Waals surface area (Å²) in [4.78, 5) is 23.9. The largest absolute Gasteiger partial charge is 0.493 e. The maximum Gasteiger partial charge on any atom is 0.252 e. The molecule has 0 saturated heterocycles. The molecule has 6 nitrogen and oxygen atoms in total. The highest BCUT2D eigenvalue weighted by molar-refractivity contribution is 7.08. The highest BCUT2D eigenvalue weighted by Crippen LogP contribution is 2.29. The van der Waals surface area contributed by atoms with Crippen LogP contribution in [-0.4, -0.2) is 32.6 Å². The Morgan fingerprint density at radius 1 is 1.16 bits per heavy atom. The molecule has 134 valence electrons. The quantitative estimate of drug-likeness (QED) is 0.757. The molecule has 1 heterocycles. The minimum absolute atomic E-state index is 0.132. The number of hydrogen-bond acceptors (Lipinski definition) is 5. The Labute approximate surface area is 151 Å². The molecular weight excluding hydrogens is 340 g/mol. The van der Waals surface area contributed by atoms with Gasteiger partial charge in [-0.2, -0.15) is 11.3 Å². The van der Waals surface area contributed by atoms with Crippen LogP contribution in [0.4, 0.5) is 0 Å². The molecule has 2 aromatic rings. The van der Waals surface area contributed by atoms with E-state index in [9.17, 15) is 9.59 Å². The lowest BCUT2D eigenvalue weighted by Gasteiger charge is -2.16. The van der Waals surface area contributed by atoms with Crippen LogP contribution >= 0.6 is 11.3 Å². The van der Waals surface area contributed by atoms with Crippen LogP contribution in [0.2, 0.25) is 0 Å². The second kappa shape index (κ2) is 9.08. The van der Waals surface area contributed by atoms with Gasteiger partial charge in [-0.05, 0) is 36.1 Å². The van der Waals surface area contributed by atoms with Crippen molar-refractivity contribution in [3.8, 4) is 11.5 Å². The number of ether oxygens (including phenoxy) is 2. The van der Waals surface area contributed by atoms with E-state index in [-0.39, 0.29) is 24.3 Å². The molecule has 0 fully saturated rings. The summed E-state index contributed by atoms with van der Waals surface area (Å²) in [5.74, 6) is 0.958. The molecule has 1 unspecified atom stereocenters. The summed E-state index contributed by atoms with van der Waals surface area (Å²) >= 11 is 1.46. The summed E-state index contributed by atoms with van der Waals surface area (Å²) in [6, 6.07) is 7.09. The number of thiophene rings is 1. The van der Waals surface area contributed by atoms with Crippen LogP contribution in [0.1, 0.15) is 35.3 Å². The van der Waals surface area contributed by atoms with E-state index in [1.807, 2.05) is 24.4 Å². The lowest BCUT2D eigenvalue weighted by Crippen LogP contribution is -2.32. The van der Waals surface area contributed by atoms with Crippen LogP contribution in [-0.2, 0) is 4.79 Å². The van der Waals surface area contributed by atoms with Crippen molar-refractivity contribution in [2.75, 3.05) is 20.8 Å². The predicted molar refractivity (Wildman–Crippen MR) is 97.4 cm³/mol. The van der Waals surface area contributed by atoms with Gasteiger partial charge in [0.1, 0.15) is 0 Å². The topological polar surface area (TPSA) is 76.7 Å². The molecule has 2 rings (SSSR count). The van der Waals surface area contributed by atoms with Gasteiger partial charge in [0, 0.05) is 23.9 Å². The molecule has 0 saturated carbocycles. The zero-order chi connectivity index (χ0) is 18.2. The van der Waals surface area contributed by atoms with E-state index in [0.717, 1.165) is 5.56 Å². The van der Waals surface area contributed by atoms with E-state index < -0.39 is 0 Å². The molecule has 0 aliphatic heterocycles. The molecule has 0 bridgehead atoms. The maximum absolute atomic E-state index is 12.1. The molecule has 0 radical (unpaired) electrons. The number of hydrogen-bond donors (Lipinski definition) is 2. The van der Waals surface area contributed by atoms with Gasteiger partial charge in [0.25, 0.3) is 5.91 Å². The van der Waals surface area contributed by atoms with E-state index in [1.54, 1.807) is 31.7 Å². The van der Waals surface area contributed by atoms with Gasteiger partial charge in [-0.15, -0.1) is 0 Å². The molecule has 2 amide bonds. The Balaban J connectivity index is 1.82. The Bertz CT molecular complexity index is 716. The van der Waals surface area contributed by atoms with E-state index in [0.29, 0.717) is 23.6 Å². The molecule has 0 aliphatic rings. The van der Waals surface area contributed by atoms with Crippen molar-refractivity contribution in [1.29, 1.82) is 0 Å². The number of carbonyl (C=O) groups excluding carboxylic acids is 2. The normalized spacial score (nSPS) is 11.5. The third-order valence-electron chi connectivity index (χ3n) is 3.71. The average Bonchev–Trinajstić information content (AvgIpc) is 3.15. The van der Waals surface area contributed by atoms with Crippen LogP contribution in [0, 0.1) is 0 Å². The third-order valence-corrected chi connectivity index (χ3v) is 4.39. The smallest absolute Gasteiger partial charge is 0.252 e. The fraction of sp³-hybridized carbons (Fsp3) is 0.333. The van der Waals surface area contributed by atoms with Gasteiger partial charge in [-0.25, -0.2) is 0 Å². The zero-order valence-electron chi connectivity index (χ0n) is 14.5. The van der Waals surface area contributed by atoms with Crippen LogP contribution in [0.15, 0.2) is 35.0 Å². The van der Waals surface area contributed by atoms with E-state index in [4.69, 9.17) is 9.47 Å². The van der Waals surface area contributed by atoms with Crippen LogP contribution < -0.4 is 20.1 Å². The summed E-state index contributed by atoms with van der Waals surface area (Å²) in [7, 11) is 3.15. The van der Waals surface area contributed by atoms with Gasteiger partial charge in [-0.3, -0.25) is 9.59 Å². The maximum atomic E-state index is 12.1. The van der Waals surface area contributed by atoms with Crippen molar-refractivity contribution in [2.45, 2.75) is 19.4 Å². The molecule has 2 N–H and O–H groups in total.